The van der Waals surface area contributed by atoms with E-state index in [4.69, 9.17) is 21.1 Å². The van der Waals surface area contributed by atoms with E-state index in [1.54, 1.807) is 13.0 Å². The number of fused-ring (bicyclic) bond motifs is 1. The molecule has 0 aliphatic carbocycles. The van der Waals surface area contributed by atoms with Crippen LogP contribution in [0.2, 0.25) is 5.02 Å². The Labute approximate surface area is 219 Å². The lowest BCUT2D eigenvalue weighted by molar-refractivity contribution is -0.123. The van der Waals surface area contributed by atoms with E-state index in [1.807, 2.05) is 72.9 Å². The molecule has 0 aliphatic heterocycles. The normalized spacial score (nSPS) is 11.8. The van der Waals surface area contributed by atoms with E-state index in [9.17, 15) is 9.59 Å². The molecule has 0 radical (unpaired) electrons. The van der Waals surface area contributed by atoms with Crippen LogP contribution in [0.25, 0.3) is 10.9 Å². The number of halogens is 1. The van der Waals surface area contributed by atoms with Gasteiger partial charge in [-0.05, 0) is 48.4 Å². The molecule has 0 spiro atoms. The number of carbonyl (C=O) groups excluding carboxylic acids is 2. The van der Waals surface area contributed by atoms with Gasteiger partial charge in [0.25, 0.3) is 5.91 Å². The van der Waals surface area contributed by atoms with Gasteiger partial charge in [-0.3, -0.25) is 4.79 Å². The van der Waals surface area contributed by atoms with Crippen molar-refractivity contribution in [3.63, 3.8) is 0 Å². The van der Waals surface area contributed by atoms with Crippen molar-refractivity contribution in [2.24, 2.45) is 5.10 Å². The molecule has 8 nitrogen and oxygen atoms in total. The summed E-state index contributed by atoms with van der Waals surface area (Å²) in [6, 6.07) is 21.6. The number of aromatic nitrogens is 1. The van der Waals surface area contributed by atoms with Crippen molar-refractivity contribution >= 4 is 40.7 Å². The monoisotopic (exact) mass is 518 g/mol. The van der Waals surface area contributed by atoms with Gasteiger partial charge in [0.15, 0.2) is 0 Å². The predicted molar refractivity (Wildman–Crippen MR) is 144 cm³/mol. The SMILES string of the molecule is CCOC(=O)N[C@H](Cc1c[nH]c2ccccc12)C(=O)N/N=C\c1ccccc1OCc1cccc(Cl)c1. The maximum absolute atomic E-state index is 13.0. The quantitative estimate of drug-likeness (QED) is 0.198. The van der Waals surface area contributed by atoms with E-state index in [0.717, 1.165) is 22.0 Å². The molecular formula is C28H27ClN4O4. The number of rotatable bonds is 10. The summed E-state index contributed by atoms with van der Waals surface area (Å²) in [5.74, 6) is 0.118. The van der Waals surface area contributed by atoms with Crippen molar-refractivity contribution in [1.29, 1.82) is 0 Å². The third-order valence-corrected chi connectivity index (χ3v) is 5.80. The van der Waals surface area contributed by atoms with Crippen molar-refractivity contribution in [3.8, 4) is 5.75 Å². The van der Waals surface area contributed by atoms with Gasteiger partial charge in [-0.1, -0.05) is 54.1 Å². The maximum Gasteiger partial charge on any atom is 0.407 e. The summed E-state index contributed by atoms with van der Waals surface area (Å²) in [5.41, 5.74) is 5.96. The molecule has 4 aromatic rings. The van der Waals surface area contributed by atoms with Crippen LogP contribution in [-0.4, -0.2) is 35.8 Å². The first-order valence-corrected chi connectivity index (χ1v) is 12.2. The van der Waals surface area contributed by atoms with Crippen LogP contribution in [0, 0.1) is 0 Å². The van der Waals surface area contributed by atoms with Crippen LogP contribution in [0.5, 0.6) is 5.75 Å². The summed E-state index contributed by atoms with van der Waals surface area (Å²) >= 11 is 6.05. The largest absolute Gasteiger partial charge is 0.488 e. The summed E-state index contributed by atoms with van der Waals surface area (Å²) in [5, 5.41) is 8.35. The minimum atomic E-state index is -0.898. The van der Waals surface area contributed by atoms with Gasteiger partial charge in [-0.15, -0.1) is 0 Å². The molecule has 0 aliphatic rings. The van der Waals surface area contributed by atoms with Gasteiger partial charge in [-0.25, -0.2) is 10.2 Å². The topological polar surface area (TPSA) is 105 Å². The molecule has 0 fully saturated rings. The number of carbonyl (C=O) groups is 2. The van der Waals surface area contributed by atoms with E-state index in [0.29, 0.717) is 22.9 Å². The van der Waals surface area contributed by atoms with E-state index in [1.165, 1.54) is 6.21 Å². The first-order valence-electron chi connectivity index (χ1n) is 11.8. The fourth-order valence-electron chi connectivity index (χ4n) is 3.79. The number of H-pyrrole nitrogens is 1. The smallest absolute Gasteiger partial charge is 0.407 e. The molecule has 1 heterocycles. The number of nitrogens with zero attached hydrogens (tertiary/aromatic N) is 1. The van der Waals surface area contributed by atoms with Crippen LogP contribution in [0.1, 0.15) is 23.6 Å². The van der Waals surface area contributed by atoms with Gasteiger partial charge in [0.05, 0.1) is 12.8 Å². The third-order valence-electron chi connectivity index (χ3n) is 5.56. The molecule has 1 atom stereocenters. The zero-order valence-corrected chi connectivity index (χ0v) is 21.0. The average molecular weight is 519 g/mol. The predicted octanol–water partition coefficient (Wildman–Crippen LogP) is 5.21. The van der Waals surface area contributed by atoms with E-state index < -0.39 is 18.0 Å². The van der Waals surface area contributed by atoms with E-state index in [-0.39, 0.29) is 13.0 Å². The number of hydrazone groups is 1. The van der Waals surface area contributed by atoms with Crippen LogP contribution in [-0.2, 0) is 22.6 Å². The van der Waals surface area contributed by atoms with E-state index >= 15 is 0 Å². The minimum Gasteiger partial charge on any atom is -0.488 e. The fraction of sp³-hybridized carbons (Fsp3) is 0.179. The van der Waals surface area contributed by atoms with Gasteiger partial charge in [0, 0.05) is 34.1 Å². The zero-order valence-electron chi connectivity index (χ0n) is 20.2. The summed E-state index contributed by atoms with van der Waals surface area (Å²) in [4.78, 5) is 28.3. The lowest BCUT2D eigenvalue weighted by atomic mass is 10.0. The van der Waals surface area contributed by atoms with E-state index in [2.05, 4.69) is 20.8 Å². The summed E-state index contributed by atoms with van der Waals surface area (Å²) < 4.78 is 10.9. The lowest BCUT2D eigenvalue weighted by Gasteiger charge is -2.16. The molecule has 9 heteroatoms. The Morgan fingerprint density at radius 2 is 1.89 bits per heavy atom. The summed E-state index contributed by atoms with van der Waals surface area (Å²) in [6.45, 7) is 2.22. The number of nitrogens with one attached hydrogen (secondary N) is 3. The molecule has 4 rings (SSSR count). The highest BCUT2D eigenvalue weighted by Crippen LogP contribution is 2.20. The standard InChI is InChI=1S/C28H27ClN4O4/c1-2-36-28(35)32-25(15-21-16-30-24-12-5-4-11-23(21)24)27(34)33-31-17-20-9-3-6-13-26(20)37-18-19-8-7-10-22(29)14-19/h3-14,16-17,25,30H,2,15,18H2,1H3,(H,32,35)(H,33,34)/b31-17-/t25-/m1/s1. The number of benzene rings is 3. The number of para-hydroxylation sites is 2. The first-order chi connectivity index (χ1) is 18.0. The molecule has 0 saturated heterocycles. The second-order valence-electron chi connectivity index (χ2n) is 8.17. The van der Waals surface area contributed by atoms with Crippen molar-refractivity contribution in [2.45, 2.75) is 26.0 Å². The van der Waals surface area contributed by atoms with Gasteiger partial charge < -0.3 is 19.8 Å². The number of hydrogen-bond donors (Lipinski definition) is 3. The fourth-order valence-corrected chi connectivity index (χ4v) is 4.01. The van der Waals surface area contributed by atoms with Crippen molar-refractivity contribution in [3.05, 3.63) is 101 Å². The molecule has 190 valence electrons. The van der Waals surface area contributed by atoms with Crippen molar-refractivity contribution in [2.75, 3.05) is 6.61 Å². The third kappa shape index (κ3) is 7.11. The Morgan fingerprint density at radius 3 is 2.73 bits per heavy atom. The second kappa shape index (κ2) is 12.6. The molecular weight excluding hydrogens is 492 g/mol. The number of amides is 2. The Morgan fingerprint density at radius 1 is 1.08 bits per heavy atom. The zero-order chi connectivity index (χ0) is 26.0. The molecule has 37 heavy (non-hydrogen) atoms. The highest BCUT2D eigenvalue weighted by atomic mass is 35.5. The highest BCUT2D eigenvalue weighted by Gasteiger charge is 2.23. The molecule has 0 unspecified atom stereocenters. The Hall–Kier alpha value is -4.30. The number of alkyl carbamates (subject to hydrolysis) is 1. The Bertz CT molecular complexity index is 1400. The lowest BCUT2D eigenvalue weighted by Crippen LogP contribution is -2.47. The number of aromatic amines is 1. The van der Waals surface area contributed by atoms with Gasteiger partial charge in [0.2, 0.25) is 0 Å². The Kier molecular flexibility index (Phi) is 8.78. The molecule has 2 amide bonds. The number of hydrogen-bond acceptors (Lipinski definition) is 5. The van der Waals surface area contributed by atoms with Gasteiger partial charge in [0.1, 0.15) is 18.4 Å². The molecule has 0 bridgehead atoms. The highest BCUT2D eigenvalue weighted by molar-refractivity contribution is 6.30. The average Bonchev–Trinajstić information content (AvgIpc) is 3.30. The van der Waals surface area contributed by atoms with Gasteiger partial charge >= 0.3 is 6.09 Å². The van der Waals surface area contributed by atoms with Crippen LogP contribution in [0.3, 0.4) is 0 Å². The maximum atomic E-state index is 13.0. The summed E-state index contributed by atoms with van der Waals surface area (Å²) in [6.07, 6.45) is 2.90. The second-order valence-corrected chi connectivity index (χ2v) is 8.61. The Balaban J connectivity index is 1.44. The van der Waals surface area contributed by atoms with Crippen molar-refractivity contribution in [1.82, 2.24) is 15.7 Å². The summed E-state index contributed by atoms with van der Waals surface area (Å²) in [7, 11) is 0. The molecule has 1 aromatic heterocycles. The molecule has 3 aromatic carbocycles. The minimum absolute atomic E-state index is 0.192. The van der Waals surface area contributed by atoms with Crippen LogP contribution < -0.4 is 15.5 Å². The van der Waals surface area contributed by atoms with Gasteiger partial charge in [-0.2, -0.15) is 5.10 Å². The van der Waals surface area contributed by atoms with Crippen LogP contribution in [0.4, 0.5) is 4.79 Å². The first kappa shape index (κ1) is 25.8. The molecule has 3 N–H and O–H groups in total. The van der Waals surface area contributed by atoms with Crippen molar-refractivity contribution < 1.29 is 19.1 Å². The van der Waals surface area contributed by atoms with Crippen LogP contribution >= 0.6 is 11.6 Å². The number of ether oxygens (including phenoxy) is 2. The molecule has 0 saturated carbocycles. The van der Waals surface area contributed by atoms with Crippen LogP contribution in [0.15, 0.2) is 84.1 Å².